The molecule has 0 aliphatic heterocycles. The normalized spacial score (nSPS) is 11.6. The largest absolute Gasteiger partial charge is 0.494 e. The van der Waals surface area contributed by atoms with E-state index in [1.54, 1.807) is 18.2 Å². The number of thioether (sulfide) groups is 1. The van der Waals surface area contributed by atoms with Crippen molar-refractivity contribution in [2.24, 2.45) is 0 Å². The lowest BCUT2D eigenvalue weighted by Gasteiger charge is -2.18. The van der Waals surface area contributed by atoms with E-state index in [-0.39, 0.29) is 5.91 Å². The maximum atomic E-state index is 13.3. The summed E-state index contributed by atoms with van der Waals surface area (Å²) in [5.41, 5.74) is 1.99. The molecule has 0 aromatic heterocycles. The topological polar surface area (TPSA) is 105 Å². The second kappa shape index (κ2) is 13.7. The Kier molecular flexibility index (Phi) is 10.1. The number of anilines is 2. The average Bonchev–Trinajstić information content (AvgIpc) is 2.88. The van der Waals surface area contributed by atoms with E-state index in [9.17, 15) is 14.4 Å². The zero-order chi connectivity index (χ0) is 25.8. The minimum absolute atomic E-state index is 0.190. The van der Waals surface area contributed by atoms with Gasteiger partial charge in [-0.05, 0) is 54.4 Å². The highest BCUT2D eigenvalue weighted by Gasteiger charge is 2.22. The summed E-state index contributed by atoms with van der Waals surface area (Å²) in [7, 11) is 0. The number of hydrogen-bond acceptors (Lipinski definition) is 5. The number of hydrogen-bond donors (Lipinski definition) is 3. The first kappa shape index (κ1) is 26.6. The number of benzene rings is 3. The number of carboxylic acids is 1. The van der Waals surface area contributed by atoms with E-state index in [2.05, 4.69) is 17.6 Å². The monoisotopic (exact) mass is 504 g/mol. The summed E-state index contributed by atoms with van der Waals surface area (Å²) in [6.45, 7) is 2.76. The van der Waals surface area contributed by atoms with Crippen molar-refractivity contribution in [1.29, 1.82) is 0 Å². The molecule has 3 aromatic rings. The van der Waals surface area contributed by atoms with Crippen LogP contribution in [0.1, 0.15) is 30.6 Å². The van der Waals surface area contributed by atoms with Gasteiger partial charge in [0.05, 0.1) is 6.61 Å². The average molecular weight is 505 g/mol. The maximum absolute atomic E-state index is 13.3. The lowest BCUT2D eigenvalue weighted by Crippen LogP contribution is -2.19. The fourth-order valence-corrected chi connectivity index (χ4v) is 4.28. The van der Waals surface area contributed by atoms with E-state index in [4.69, 9.17) is 9.84 Å². The molecule has 36 heavy (non-hydrogen) atoms. The zero-order valence-electron chi connectivity index (χ0n) is 19.8. The van der Waals surface area contributed by atoms with E-state index < -0.39 is 17.1 Å². The van der Waals surface area contributed by atoms with Crippen molar-refractivity contribution in [3.63, 3.8) is 0 Å². The van der Waals surface area contributed by atoms with Crippen LogP contribution in [-0.2, 0) is 14.4 Å². The van der Waals surface area contributed by atoms with Crippen LogP contribution in [-0.4, -0.2) is 29.5 Å². The van der Waals surface area contributed by atoms with Crippen LogP contribution in [0.15, 0.2) is 95.9 Å². The highest BCUT2D eigenvalue weighted by atomic mass is 32.2. The van der Waals surface area contributed by atoms with Crippen molar-refractivity contribution in [1.82, 2.24) is 0 Å². The van der Waals surface area contributed by atoms with Gasteiger partial charge in [0.2, 0.25) is 11.8 Å². The maximum Gasteiger partial charge on any atom is 0.328 e. The second-order valence-corrected chi connectivity index (χ2v) is 8.99. The third kappa shape index (κ3) is 8.63. The molecule has 0 radical (unpaired) electrons. The number of aliphatic carboxylic acids is 1. The van der Waals surface area contributed by atoms with Crippen molar-refractivity contribution in [3.05, 3.63) is 96.6 Å². The Hall–Kier alpha value is -4.04. The molecule has 0 aliphatic rings. The summed E-state index contributed by atoms with van der Waals surface area (Å²) in [5.74, 6) is -1.19. The quantitative estimate of drug-likeness (QED) is 0.161. The van der Waals surface area contributed by atoms with Crippen LogP contribution in [0.2, 0.25) is 0 Å². The highest BCUT2D eigenvalue weighted by Crippen LogP contribution is 2.37. The third-order valence-corrected chi connectivity index (χ3v) is 6.21. The number of amides is 2. The van der Waals surface area contributed by atoms with Crippen LogP contribution < -0.4 is 15.4 Å². The number of unbranched alkanes of at least 4 members (excludes halogenated alkanes) is 1. The van der Waals surface area contributed by atoms with Crippen molar-refractivity contribution >= 4 is 40.9 Å². The summed E-state index contributed by atoms with van der Waals surface area (Å²) in [6, 6.07) is 23.8. The molecule has 0 spiro atoms. The lowest BCUT2D eigenvalue weighted by molar-refractivity contribution is -0.131. The molecule has 0 heterocycles. The van der Waals surface area contributed by atoms with Gasteiger partial charge < -0.3 is 20.5 Å². The van der Waals surface area contributed by atoms with Gasteiger partial charge in [-0.15, -0.1) is 11.8 Å². The van der Waals surface area contributed by atoms with E-state index in [1.165, 1.54) is 11.8 Å². The standard InChI is InChI=1S/C28H28N2O5S/c1-2-3-18-35-23-14-12-21(13-15-23)30-28(34)27(20-8-5-4-6-9-20)36-24-11-7-10-22(19-24)29-25(31)16-17-26(32)33/h4-17,19,27H,2-3,18H2,1H3,(H,29,31)(H,30,34)(H,32,33)/b17-16+. The molecular formula is C28H28N2O5S. The first-order valence-electron chi connectivity index (χ1n) is 11.5. The molecule has 1 unspecified atom stereocenters. The number of nitrogens with one attached hydrogen (secondary N) is 2. The van der Waals surface area contributed by atoms with Gasteiger partial charge >= 0.3 is 5.97 Å². The third-order valence-electron chi connectivity index (χ3n) is 4.96. The van der Waals surface area contributed by atoms with Gasteiger partial charge in [0, 0.05) is 28.4 Å². The SMILES string of the molecule is CCCCOc1ccc(NC(=O)C(Sc2cccc(NC(=O)/C=C/C(=O)O)c2)c2ccccc2)cc1. The van der Waals surface area contributed by atoms with Gasteiger partial charge in [-0.2, -0.15) is 0 Å². The van der Waals surface area contributed by atoms with E-state index >= 15 is 0 Å². The number of rotatable bonds is 12. The predicted octanol–water partition coefficient (Wildman–Crippen LogP) is 5.92. The van der Waals surface area contributed by atoms with Crippen LogP contribution in [0, 0.1) is 0 Å². The van der Waals surface area contributed by atoms with Gasteiger partial charge in [-0.25, -0.2) is 4.79 Å². The van der Waals surface area contributed by atoms with Crippen molar-refractivity contribution < 1.29 is 24.2 Å². The van der Waals surface area contributed by atoms with Gasteiger partial charge in [-0.3, -0.25) is 9.59 Å². The molecule has 0 saturated heterocycles. The number of carbonyl (C=O) groups is 3. The first-order chi connectivity index (χ1) is 17.4. The molecule has 186 valence electrons. The lowest BCUT2D eigenvalue weighted by atomic mass is 10.1. The van der Waals surface area contributed by atoms with Crippen LogP contribution in [0.3, 0.4) is 0 Å². The van der Waals surface area contributed by atoms with E-state index in [0.29, 0.717) is 18.0 Å². The van der Waals surface area contributed by atoms with Crippen molar-refractivity contribution in [2.45, 2.75) is 29.9 Å². The number of carbonyl (C=O) groups excluding carboxylic acids is 2. The molecule has 0 bridgehead atoms. The Bertz CT molecular complexity index is 1200. The molecule has 3 aromatic carbocycles. The summed E-state index contributed by atoms with van der Waals surface area (Å²) in [4.78, 5) is 36.6. The summed E-state index contributed by atoms with van der Waals surface area (Å²) in [5, 5.41) is 13.7. The van der Waals surface area contributed by atoms with Gasteiger partial charge in [0.1, 0.15) is 11.0 Å². The van der Waals surface area contributed by atoms with Gasteiger partial charge in [0.15, 0.2) is 0 Å². The molecule has 0 saturated carbocycles. The van der Waals surface area contributed by atoms with E-state index in [1.807, 2.05) is 60.7 Å². The highest BCUT2D eigenvalue weighted by molar-refractivity contribution is 8.00. The number of ether oxygens (including phenoxy) is 1. The Morgan fingerprint density at radius 3 is 2.36 bits per heavy atom. The molecule has 2 amide bonds. The smallest absolute Gasteiger partial charge is 0.328 e. The second-order valence-electron chi connectivity index (χ2n) is 7.81. The Labute approximate surface area is 214 Å². The fraction of sp³-hybridized carbons (Fsp3) is 0.179. The predicted molar refractivity (Wildman–Crippen MR) is 142 cm³/mol. The first-order valence-corrected chi connectivity index (χ1v) is 12.4. The Morgan fingerprint density at radius 2 is 1.67 bits per heavy atom. The van der Waals surface area contributed by atoms with Gasteiger partial charge in [-0.1, -0.05) is 49.7 Å². The van der Waals surface area contributed by atoms with Gasteiger partial charge in [0.25, 0.3) is 0 Å². The van der Waals surface area contributed by atoms with Crippen molar-refractivity contribution in [3.8, 4) is 5.75 Å². The molecule has 3 N–H and O–H groups in total. The molecule has 0 fully saturated rings. The molecule has 0 aliphatic carbocycles. The van der Waals surface area contributed by atoms with Crippen LogP contribution in [0.5, 0.6) is 5.75 Å². The summed E-state index contributed by atoms with van der Waals surface area (Å²) >= 11 is 1.35. The fourth-order valence-electron chi connectivity index (χ4n) is 3.19. The number of carboxylic acid groups (broad SMARTS) is 1. The van der Waals surface area contributed by atoms with Crippen LogP contribution >= 0.6 is 11.8 Å². The van der Waals surface area contributed by atoms with Crippen molar-refractivity contribution in [2.75, 3.05) is 17.2 Å². The molecule has 3 rings (SSSR count). The Balaban J connectivity index is 1.73. The van der Waals surface area contributed by atoms with Crippen LogP contribution in [0.25, 0.3) is 0 Å². The Morgan fingerprint density at radius 1 is 0.917 bits per heavy atom. The summed E-state index contributed by atoms with van der Waals surface area (Å²) in [6.07, 6.45) is 3.76. The molecule has 1 atom stereocenters. The van der Waals surface area contributed by atoms with Crippen LogP contribution in [0.4, 0.5) is 11.4 Å². The minimum Gasteiger partial charge on any atom is -0.494 e. The minimum atomic E-state index is -1.20. The van der Waals surface area contributed by atoms with E-state index in [0.717, 1.165) is 41.2 Å². The molecular weight excluding hydrogens is 476 g/mol. The molecule has 8 heteroatoms. The summed E-state index contributed by atoms with van der Waals surface area (Å²) < 4.78 is 5.69. The molecule has 7 nitrogen and oxygen atoms in total. The zero-order valence-corrected chi connectivity index (χ0v) is 20.7.